The average molecular weight is 225 g/mol. The number of halogens is 1. The van der Waals surface area contributed by atoms with E-state index in [1.807, 2.05) is 0 Å². The Hall–Kier alpha value is -0.490. The minimum atomic E-state index is 0.507. The van der Waals surface area contributed by atoms with Crippen molar-refractivity contribution in [3.05, 3.63) is 35.4 Å². The summed E-state index contributed by atoms with van der Waals surface area (Å²) < 4.78 is 0. The number of benzene rings is 1. The largest absolute Gasteiger partial charge is 0.126 e. The molecular formula is C14H21Cl. The molecule has 2 atom stereocenters. The maximum absolute atomic E-state index is 6.10. The second-order valence-corrected chi connectivity index (χ2v) is 4.69. The van der Waals surface area contributed by atoms with Crippen LogP contribution in [0.4, 0.5) is 0 Å². The molecule has 0 bridgehead atoms. The van der Waals surface area contributed by atoms with E-state index in [-0.39, 0.29) is 0 Å². The lowest BCUT2D eigenvalue weighted by Crippen LogP contribution is -2.12. The third-order valence-corrected chi connectivity index (χ3v) is 3.52. The minimum absolute atomic E-state index is 0.507. The molecule has 1 aromatic rings. The van der Waals surface area contributed by atoms with Crippen molar-refractivity contribution >= 4 is 11.6 Å². The molecule has 0 heterocycles. The highest BCUT2D eigenvalue weighted by Crippen LogP contribution is 2.30. The molecule has 0 nitrogen and oxygen atoms in total. The number of hydrogen-bond acceptors (Lipinski definition) is 0. The van der Waals surface area contributed by atoms with Crippen LogP contribution in [-0.4, -0.2) is 5.88 Å². The molecule has 0 radical (unpaired) electrons. The Morgan fingerprint density at radius 3 is 2.47 bits per heavy atom. The van der Waals surface area contributed by atoms with E-state index in [0.717, 1.165) is 5.88 Å². The molecule has 0 fully saturated rings. The second kappa shape index (κ2) is 6.17. The van der Waals surface area contributed by atoms with Gasteiger partial charge in [0.2, 0.25) is 0 Å². The van der Waals surface area contributed by atoms with Gasteiger partial charge in [-0.25, -0.2) is 0 Å². The van der Waals surface area contributed by atoms with E-state index in [4.69, 9.17) is 11.6 Å². The van der Waals surface area contributed by atoms with Crippen molar-refractivity contribution in [3.8, 4) is 0 Å². The number of alkyl halides is 1. The zero-order valence-electron chi connectivity index (χ0n) is 9.96. The molecule has 1 aromatic carbocycles. The molecule has 0 amide bonds. The zero-order valence-corrected chi connectivity index (χ0v) is 10.7. The SMILES string of the molecule is CCCC(C)C(CCl)c1ccccc1C. The van der Waals surface area contributed by atoms with Gasteiger partial charge in [-0.2, -0.15) is 0 Å². The number of rotatable bonds is 5. The first-order chi connectivity index (χ1) is 7.20. The Balaban J connectivity index is 2.87. The van der Waals surface area contributed by atoms with Crippen LogP contribution in [0.2, 0.25) is 0 Å². The van der Waals surface area contributed by atoms with Crippen molar-refractivity contribution in [1.82, 2.24) is 0 Å². The van der Waals surface area contributed by atoms with Crippen molar-refractivity contribution < 1.29 is 0 Å². The van der Waals surface area contributed by atoms with Gasteiger partial charge in [0, 0.05) is 11.8 Å². The van der Waals surface area contributed by atoms with Crippen LogP contribution in [0.25, 0.3) is 0 Å². The summed E-state index contributed by atoms with van der Waals surface area (Å²) in [5.74, 6) is 1.91. The lowest BCUT2D eigenvalue weighted by Gasteiger charge is -2.23. The van der Waals surface area contributed by atoms with E-state index < -0.39 is 0 Å². The van der Waals surface area contributed by atoms with Gasteiger partial charge in [0.15, 0.2) is 0 Å². The summed E-state index contributed by atoms with van der Waals surface area (Å²) in [6.07, 6.45) is 2.49. The van der Waals surface area contributed by atoms with E-state index in [1.165, 1.54) is 24.0 Å². The van der Waals surface area contributed by atoms with Gasteiger partial charge in [0.25, 0.3) is 0 Å². The van der Waals surface area contributed by atoms with E-state index >= 15 is 0 Å². The minimum Gasteiger partial charge on any atom is -0.126 e. The summed E-state index contributed by atoms with van der Waals surface area (Å²) in [4.78, 5) is 0. The normalized spacial score (nSPS) is 14.9. The maximum atomic E-state index is 6.10. The molecule has 0 saturated carbocycles. The standard InChI is InChI=1S/C14H21Cl/c1-4-7-11(2)14(10-15)13-9-6-5-8-12(13)3/h5-6,8-9,11,14H,4,7,10H2,1-3H3. The van der Waals surface area contributed by atoms with Gasteiger partial charge in [-0.3, -0.25) is 0 Å². The highest BCUT2D eigenvalue weighted by molar-refractivity contribution is 6.18. The van der Waals surface area contributed by atoms with Gasteiger partial charge in [-0.15, -0.1) is 11.6 Å². The second-order valence-electron chi connectivity index (χ2n) is 4.38. The van der Waals surface area contributed by atoms with Crippen LogP contribution in [0.3, 0.4) is 0 Å². The fraction of sp³-hybridized carbons (Fsp3) is 0.571. The highest BCUT2D eigenvalue weighted by Gasteiger charge is 2.18. The zero-order chi connectivity index (χ0) is 11.3. The molecule has 0 aliphatic rings. The first-order valence-electron chi connectivity index (χ1n) is 5.82. The van der Waals surface area contributed by atoms with Crippen molar-refractivity contribution in [2.45, 2.75) is 39.5 Å². The average Bonchev–Trinajstić information content (AvgIpc) is 2.22. The molecule has 1 rings (SSSR count). The maximum Gasteiger partial charge on any atom is 0.0294 e. The molecule has 0 aliphatic heterocycles. The lowest BCUT2D eigenvalue weighted by atomic mass is 9.84. The smallest absolute Gasteiger partial charge is 0.0294 e. The third kappa shape index (κ3) is 3.24. The summed E-state index contributed by atoms with van der Waals surface area (Å²) in [5.41, 5.74) is 2.79. The molecule has 0 saturated heterocycles. The molecule has 0 aliphatic carbocycles. The summed E-state index contributed by atoms with van der Waals surface area (Å²) >= 11 is 6.10. The molecule has 0 N–H and O–H groups in total. The predicted octanol–water partition coefficient (Wildman–Crippen LogP) is 4.75. The Bertz CT molecular complexity index is 293. The monoisotopic (exact) mass is 224 g/mol. The molecular weight excluding hydrogens is 204 g/mol. The molecule has 15 heavy (non-hydrogen) atoms. The molecule has 2 unspecified atom stereocenters. The Morgan fingerprint density at radius 2 is 1.93 bits per heavy atom. The van der Waals surface area contributed by atoms with Crippen LogP contribution in [0.5, 0.6) is 0 Å². The molecule has 0 spiro atoms. The predicted molar refractivity (Wildman–Crippen MR) is 68.7 cm³/mol. The fourth-order valence-electron chi connectivity index (χ4n) is 2.20. The van der Waals surface area contributed by atoms with Crippen LogP contribution in [0.15, 0.2) is 24.3 Å². The lowest BCUT2D eigenvalue weighted by molar-refractivity contribution is 0.450. The van der Waals surface area contributed by atoms with Gasteiger partial charge in [-0.1, -0.05) is 51.0 Å². The van der Waals surface area contributed by atoms with Crippen LogP contribution >= 0.6 is 11.6 Å². The quantitative estimate of drug-likeness (QED) is 0.633. The van der Waals surface area contributed by atoms with Crippen LogP contribution in [-0.2, 0) is 0 Å². The van der Waals surface area contributed by atoms with E-state index in [0.29, 0.717) is 11.8 Å². The summed E-state index contributed by atoms with van der Waals surface area (Å²) in [6.45, 7) is 6.72. The first kappa shape index (κ1) is 12.6. The van der Waals surface area contributed by atoms with E-state index in [2.05, 4.69) is 45.0 Å². The number of aryl methyl sites for hydroxylation is 1. The van der Waals surface area contributed by atoms with Gasteiger partial charge in [-0.05, 0) is 24.0 Å². The Kier molecular flexibility index (Phi) is 5.17. The Morgan fingerprint density at radius 1 is 1.27 bits per heavy atom. The van der Waals surface area contributed by atoms with Crippen molar-refractivity contribution in [2.24, 2.45) is 5.92 Å². The van der Waals surface area contributed by atoms with Gasteiger partial charge in [0.1, 0.15) is 0 Å². The fourth-order valence-corrected chi connectivity index (χ4v) is 2.67. The number of hydrogen-bond donors (Lipinski definition) is 0. The topological polar surface area (TPSA) is 0 Å². The van der Waals surface area contributed by atoms with Gasteiger partial charge in [0.05, 0.1) is 0 Å². The summed E-state index contributed by atoms with van der Waals surface area (Å²) in [7, 11) is 0. The van der Waals surface area contributed by atoms with E-state index in [9.17, 15) is 0 Å². The van der Waals surface area contributed by atoms with Crippen LogP contribution in [0.1, 0.15) is 43.7 Å². The van der Waals surface area contributed by atoms with E-state index in [1.54, 1.807) is 0 Å². The molecule has 84 valence electrons. The molecule has 0 aromatic heterocycles. The van der Waals surface area contributed by atoms with Crippen LogP contribution in [0, 0.1) is 12.8 Å². The third-order valence-electron chi connectivity index (χ3n) is 3.19. The van der Waals surface area contributed by atoms with Gasteiger partial charge >= 0.3 is 0 Å². The highest BCUT2D eigenvalue weighted by atomic mass is 35.5. The van der Waals surface area contributed by atoms with Gasteiger partial charge < -0.3 is 0 Å². The first-order valence-corrected chi connectivity index (χ1v) is 6.35. The van der Waals surface area contributed by atoms with Crippen molar-refractivity contribution in [1.29, 1.82) is 0 Å². The summed E-state index contributed by atoms with van der Waals surface area (Å²) in [5, 5.41) is 0. The van der Waals surface area contributed by atoms with Crippen molar-refractivity contribution in [2.75, 3.05) is 5.88 Å². The molecule has 1 heteroatoms. The summed E-state index contributed by atoms with van der Waals surface area (Å²) in [6, 6.07) is 8.59. The Labute approximate surface area is 98.7 Å². The van der Waals surface area contributed by atoms with Crippen molar-refractivity contribution in [3.63, 3.8) is 0 Å². The van der Waals surface area contributed by atoms with Crippen LogP contribution < -0.4 is 0 Å².